The van der Waals surface area contributed by atoms with Crippen molar-refractivity contribution in [2.24, 2.45) is 5.73 Å². The van der Waals surface area contributed by atoms with Gasteiger partial charge in [-0.25, -0.2) is 0 Å². The minimum absolute atomic E-state index is 0. The Bertz CT molecular complexity index is 89.0. The van der Waals surface area contributed by atoms with Crippen molar-refractivity contribution >= 4 is 5.97 Å². The third kappa shape index (κ3) is 8.01. The van der Waals surface area contributed by atoms with E-state index in [-0.39, 0.29) is 39.2 Å². The predicted molar refractivity (Wildman–Crippen MR) is 31.7 cm³/mol. The van der Waals surface area contributed by atoms with E-state index in [1.54, 1.807) is 0 Å². The Labute approximate surface area is 72.5 Å². The van der Waals surface area contributed by atoms with E-state index in [2.05, 4.69) is 4.74 Å². The SMILES string of the molecule is NCC(=O)OCCCO.[Zn]. The molecule has 0 rings (SSSR count). The molecule has 0 aliphatic heterocycles. The molecule has 0 aromatic carbocycles. The minimum atomic E-state index is -0.427. The van der Waals surface area contributed by atoms with Crippen molar-refractivity contribution in [3.8, 4) is 0 Å². The molecule has 0 aromatic rings. The second-order valence-electron chi connectivity index (χ2n) is 1.50. The van der Waals surface area contributed by atoms with Crippen LogP contribution in [0.3, 0.4) is 0 Å². The smallest absolute Gasteiger partial charge is 0.319 e. The molecule has 0 saturated heterocycles. The van der Waals surface area contributed by atoms with E-state index in [1.165, 1.54) is 0 Å². The van der Waals surface area contributed by atoms with Gasteiger partial charge in [-0.2, -0.15) is 0 Å². The Morgan fingerprint density at radius 2 is 2.20 bits per heavy atom. The first kappa shape index (κ1) is 12.7. The summed E-state index contributed by atoms with van der Waals surface area (Å²) in [5.74, 6) is -0.427. The number of rotatable bonds is 4. The molecule has 0 aromatic heterocycles. The van der Waals surface area contributed by atoms with Gasteiger partial charge in [-0.1, -0.05) is 0 Å². The summed E-state index contributed by atoms with van der Waals surface area (Å²) in [5.41, 5.74) is 4.92. The van der Waals surface area contributed by atoms with Crippen LogP contribution in [0.5, 0.6) is 0 Å². The summed E-state index contributed by atoms with van der Waals surface area (Å²) in [6, 6.07) is 0. The zero-order valence-corrected chi connectivity index (χ0v) is 8.84. The van der Waals surface area contributed by atoms with E-state index < -0.39 is 5.97 Å². The van der Waals surface area contributed by atoms with Crippen molar-refractivity contribution in [2.45, 2.75) is 6.42 Å². The maximum Gasteiger partial charge on any atom is 0.319 e. The van der Waals surface area contributed by atoms with Crippen LogP contribution in [0.25, 0.3) is 0 Å². The molecule has 3 N–H and O–H groups in total. The van der Waals surface area contributed by atoms with Crippen LogP contribution < -0.4 is 5.73 Å². The van der Waals surface area contributed by atoms with Gasteiger partial charge in [-0.05, 0) is 0 Å². The zero-order chi connectivity index (χ0) is 7.11. The summed E-state index contributed by atoms with van der Waals surface area (Å²) in [6.07, 6.45) is 0.478. The average Bonchev–Trinajstić information content (AvgIpc) is 1.89. The Hall–Kier alpha value is 0.0134. The van der Waals surface area contributed by atoms with Crippen LogP contribution in [0, 0.1) is 0 Å². The zero-order valence-electron chi connectivity index (χ0n) is 5.88. The van der Waals surface area contributed by atoms with Gasteiger partial charge in [0.1, 0.15) is 0 Å². The Morgan fingerprint density at radius 1 is 1.60 bits per heavy atom. The molecule has 0 aliphatic rings. The van der Waals surface area contributed by atoms with Crippen molar-refractivity contribution in [3.05, 3.63) is 0 Å². The van der Waals surface area contributed by atoms with Crippen LogP contribution in [0.2, 0.25) is 0 Å². The molecule has 4 nitrogen and oxygen atoms in total. The third-order valence-electron chi connectivity index (χ3n) is 0.732. The first-order chi connectivity index (χ1) is 4.31. The van der Waals surface area contributed by atoms with E-state index in [0.29, 0.717) is 6.42 Å². The molecular formula is C5H11NO3Zn. The molecule has 0 saturated carbocycles. The molecule has 5 heteroatoms. The van der Waals surface area contributed by atoms with Gasteiger partial charge >= 0.3 is 5.97 Å². The van der Waals surface area contributed by atoms with Gasteiger partial charge in [0.25, 0.3) is 0 Å². The molecule has 0 unspecified atom stereocenters. The van der Waals surface area contributed by atoms with Gasteiger partial charge in [-0.15, -0.1) is 0 Å². The van der Waals surface area contributed by atoms with Crippen molar-refractivity contribution in [2.75, 3.05) is 19.8 Å². The molecule has 0 heterocycles. The molecule has 0 atom stereocenters. The summed E-state index contributed by atoms with van der Waals surface area (Å²) in [6.45, 7) is 0.204. The van der Waals surface area contributed by atoms with Crippen molar-refractivity contribution in [3.63, 3.8) is 0 Å². The van der Waals surface area contributed by atoms with Gasteiger partial charge in [0.05, 0.1) is 13.2 Å². The third-order valence-corrected chi connectivity index (χ3v) is 0.732. The van der Waals surface area contributed by atoms with E-state index in [1.807, 2.05) is 0 Å². The number of esters is 1. The summed E-state index contributed by atoms with van der Waals surface area (Å²) in [7, 11) is 0. The van der Waals surface area contributed by atoms with Crippen LogP contribution in [-0.2, 0) is 29.0 Å². The maximum absolute atomic E-state index is 10.3. The maximum atomic E-state index is 10.3. The van der Waals surface area contributed by atoms with Crippen molar-refractivity contribution in [1.82, 2.24) is 0 Å². The van der Waals surface area contributed by atoms with Crippen LogP contribution in [0.15, 0.2) is 0 Å². The Morgan fingerprint density at radius 3 is 2.60 bits per heavy atom. The quantitative estimate of drug-likeness (QED) is 0.341. The monoisotopic (exact) mass is 197 g/mol. The van der Waals surface area contributed by atoms with E-state index in [0.717, 1.165) is 0 Å². The van der Waals surface area contributed by atoms with E-state index >= 15 is 0 Å². The van der Waals surface area contributed by atoms with Crippen LogP contribution in [0.4, 0.5) is 0 Å². The van der Waals surface area contributed by atoms with Crippen LogP contribution in [-0.4, -0.2) is 30.8 Å². The van der Waals surface area contributed by atoms with Gasteiger partial charge in [-0.3, -0.25) is 4.79 Å². The predicted octanol–water partition coefficient (Wildman–Crippen LogP) is -1.13. The summed E-state index contributed by atoms with van der Waals surface area (Å²) in [5, 5.41) is 8.23. The number of aliphatic hydroxyl groups is 1. The first-order valence-corrected chi connectivity index (χ1v) is 2.77. The molecule has 0 bridgehead atoms. The van der Waals surface area contributed by atoms with Gasteiger partial charge in [0.15, 0.2) is 0 Å². The van der Waals surface area contributed by atoms with Gasteiger partial charge in [0, 0.05) is 32.5 Å². The van der Waals surface area contributed by atoms with Crippen molar-refractivity contribution in [1.29, 1.82) is 0 Å². The largest absolute Gasteiger partial charge is 0.465 e. The summed E-state index contributed by atoms with van der Waals surface area (Å²) >= 11 is 0. The fourth-order valence-electron chi connectivity index (χ4n) is 0.309. The second-order valence-corrected chi connectivity index (χ2v) is 1.50. The number of carbonyl (C=O) groups is 1. The standard InChI is InChI=1S/C5H11NO3.Zn/c6-4-5(8)9-3-1-2-7;/h7H,1-4,6H2;. The molecule has 0 radical (unpaired) electrons. The number of nitrogens with two attached hydrogens (primary N) is 1. The minimum Gasteiger partial charge on any atom is -0.465 e. The fraction of sp³-hybridized carbons (Fsp3) is 0.800. The van der Waals surface area contributed by atoms with Crippen LogP contribution in [0.1, 0.15) is 6.42 Å². The van der Waals surface area contributed by atoms with Crippen LogP contribution >= 0.6 is 0 Å². The molecule has 0 amide bonds. The summed E-state index contributed by atoms with van der Waals surface area (Å²) < 4.78 is 4.51. The normalized spacial score (nSPS) is 8.20. The number of hydrogen-bond donors (Lipinski definition) is 2. The topological polar surface area (TPSA) is 72.6 Å². The molecule has 0 aliphatic carbocycles. The molecule has 10 heavy (non-hydrogen) atoms. The van der Waals surface area contributed by atoms with Gasteiger partial charge < -0.3 is 15.6 Å². The molecular weight excluding hydrogens is 187 g/mol. The fourth-order valence-corrected chi connectivity index (χ4v) is 0.309. The van der Waals surface area contributed by atoms with E-state index in [9.17, 15) is 4.79 Å². The first-order valence-electron chi connectivity index (χ1n) is 2.77. The second kappa shape index (κ2) is 9.01. The number of hydrogen-bond acceptors (Lipinski definition) is 4. The summed E-state index contributed by atoms with van der Waals surface area (Å²) in [4.78, 5) is 10.3. The molecule has 56 valence electrons. The molecule has 0 fully saturated rings. The average molecular weight is 199 g/mol. The number of aliphatic hydroxyl groups excluding tert-OH is 1. The number of ether oxygens (including phenoxy) is 1. The molecule has 0 spiro atoms. The van der Waals surface area contributed by atoms with Gasteiger partial charge in [0.2, 0.25) is 0 Å². The number of carbonyl (C=O) groups excluding carboxylic acids is 1. The van der Waals surface area contributed by atoms with Crippen molar-refractivity contribution < 1.29 is 34.1 Å². The Kier molecular flexibility index (Phi) is 11.4. The van der Waals surface area contributed by atoms with E-state index in [4.69, 9.17) is 10.8 Å². The Balaban J connectivity index is 0.